The summed E-state index contributed by atoms with van der Waals surface area (Å²) < 4.78 is 11.7. The monoisotopic (exact) mass is 428 g/mol. The summed E-state index contributed by atoms with van der Waals surface area (Å²) in [6.07, 6.45) is 1.20. The van der Waals surface area contributed by atoms with Gasteiger partial charge in [0.05, 0.1) is 6.61 Å². The first-order valence-electron chi connectivity index (χ1n) is 9.31. The summed E-state index contributed by atoms with van der Waals surface area (Å²) in [5, 5.41) is 12.0. The van der Waals surface area contributed by atoms with Crippen LogP contribution < -0.4 is 21.3 Å². The van der Waals surface area contributed by atoms with Crippen molar-refractivity contribution in [3.8, 4) is 5.75 Å². The zero-order valence-electron chi connectivity index (χ0n) is 16.8. The summed E-state index contributed by atoms with van der Waals surface area (Å²) >= 11 is 0. The molecule has 162 valence electrons. The van der Waals surface area contributed by atoms with Crippen LogP contribution in [0, 0.1) is 0 Å². The van der Waals surface area contributed by atoms with E-state index in [0.29, 0.717) is 17.7 Å². The number of hydrazine groups is 1. The second-order valence-corrected chi connectivity index (χ2v) is 6.84. The highest BCUT2D eigenvalue weighted by molar-refractivity contribution is 5.99. The number of rotatable bonds is 6. The summed E-state index contributed by atoms with van der Waals surface area (Å²) in [5.41, 5.74) is 4.35. The fourth-order valence-corrected chi connectivity index (χ4v) is 3.23. The molecule has 3 aromatic rings. The highest BCUT2D eigenvalue weighted by Gasteiger charge is 2.33. The molecular formula is C19H20N6O6. The lowest BCUT2D eigenvalue weighted by Gasteiger charge is -2.37. The summed E-state index contributed by atoms with van der Waals surface area (Å²) in [7, 11) is 3.16. The van der Waals surface area contributed by atoms with E-state index in [2.05, 4.69) is 15.8 Å². The van der Waals surface area contributed by atoms with E-state index in [9.17, 15) is 19.5 Å². The number of nitrogens with one attached hydrogen (secondary N) is 2. The smallest absolute Gasteiger partial charge is 0.315 e. The molecule has 1 aliphatic rings. The van der Waals surface area contributed by atoms with Crippen molar-refractivity contribution in [1.29, 1.82) is 0 Å². The Kier molecular flexibility index (Phi) is 5.21. The maximum atomic E-state index is 12.7. The van der Waals surface area contributed by atoms with Crippen LogP contribution in [0.3, 0.4) is 0 Å². The van der Waals surface area contributed by atoms with Crippen LogP contribution in [-0.4, -0.2) is 65.5 Å². The molecule has 0 fully saturated rings. The van der Waals surface area contributed by atoms with E-state index in [-0.39, 0.29) is 30.5 Å². The molecule has 2 amide bonds. The van der Waals surface area contributed by atoms with Gasteiger partial charge in [0.15, 0.2) is 17.0 Å². The number of amides is 2. The van der Waals surface area contributed by atoms with Crippen molar-refractivity contribution >= 4 is 28.9 Å². The van der Waals surface area contributed by atoms with Crippen molar-refractivity contribution in [1.82, 2.24) is 20.0 Å². The summed E-state index contributed by atoms with van der Waals surface area (Å²) in [6.45, 7) is 0.760. The summed E-state index contributed by atoms with van der Waals surface area (Å²) in [6, 6.07) is 7.05. The molecule has 3 heterocycles. The highest BCUT2D eigenvalue weighted by atomic mass is 16.5. The molecule has 3 N–H and O–H groups in total. The standard InChI is InChI=1S/C19H20N6O6/c1-23-10-24(7-8-30-2)18(29)14-16(27)15(26)11(9-25(14)23)17(28)21-22-19-20-12-5-3-4-6-13(12)31-19/h3-6,9,27H,7-8,10H2,1-2H3,(H,20,22)(H,21,28). The Morgan fingerprint density at radius 3 is 2.84 bits per heavy atom. The number of benzene rings is 1. The molecule has 0 saturated heterocycles. The molecule has 0 spiro atoms. The Hall–Kier alpha value is -4.06. The minimum Gasteiger partial charge on any atom is -0.502 e. The Morgan fingerprint density at radius 1 is 1.32 bits per heavy atom. The first kappa shape index (κ1) is 20.2. The van der Waals surface area contributed by atoms with Crippen LogP contribution in [0.5, 0.6) is 5.75 Å². The average Bonchev–Trinajstić information content (AvgIpc) is 3.18. The quantitative estimate of drug-likeness (QED) is 0.465. The van der Waals surface area contributed by atoms with E-state index in [1.54, 1.807) is 36.3 Å². The lowest BCUT2D eigenvalue weighted by atomic mass is 10.2. The van der Waals surface area contributed by atoms with E-state index >= 15 is 0 Å². The number of fused-ring (bicyclic) bond motifs is 2. The summed E-state index contributed by atoms with van der Waals surface area (Å²) in [4.78, 5) is 43.5. The predicted octanol–water partition coefficient (Wildman–Crippen LogP) is 0.0795. The van der Waals surface area contributed by atoms with Gasteiger partial charge in [-0.25, -0.2) is 0 Å². The van der Waals surface area contributed by atoms with Crippen LogP contribution in [0.1, 0.15) is 20.8 Å². The van der Waals surface area contributed by atoms with Crippen LogP contribution in [-0.2, 0) is 4.74 Å². The molecule has 12 heteroatoms. The van der Waals surface area contributed by atoms with Crippen LogP contribution in [0.2, 0.25) is 0 Å². The largest absolute Gasteiger partial charge is 0.502 e. The van der Waals surface area contributed by atoms with Crippen LogP contribution in [0.15, 0.2) is 39.7 Å². The third-order valence-electron chi connectivity index (χ3n) is 4.78. The lowest BCUT2D eigenvalue weighted by molar-refractivity contribution is 0.0629. The number of pyridine rings is 1. The molecule has 0 bridgehead atoms. The van der Waals surface area contributed by atoms with Gasteiger partial charge < -0.3 is 19.2 Å². The van der Waals surface area contributed by atoms with E-state index in [1.807, 2.05) is 0 Å². The molecule has 4 rings (SSSR count). The van der Waals surface area contributed by atoms with E-state index < -0.39 is 23.0 Å². The second kappa shape index (κ2) is 7.99. The number of ether oxygens (including phenoxy) is 1. The van der Waals surface area contributed by atoms with Gasteiger partial charge in [-0.2, -0.15) is 4.98 Å². The van der Waals surface area contributed by atoms with Gasteiger partial charge >= 0.3 is 6.01 Å². The molecule has 31 heavy (non-hydrogen) atoms. The van der Waals surface area contributed by atoms with E-state index in [4.69, 9.17) is 9.15 Å². The number of carbonyl (C=O) groups excluding carboxylic acids is 2. The average molecular weight is 428 g/mol. The fraction of sp³-hybridized carbons (Fsp3) is 0.263. The number of aromatic nitrogens is 2. The number of aromatic hydroxyl groups is 1. The molecule has 1 aromatic carbocycles. The SMILES string of the molecule is COCCN1CN(C)n2cc(C(=O)NNc3nc4ccccc4o3)c(=O)c(O)c2C1=O. The van der Waals surface area contributed by atoms with Gasteiger partial charge in [-0.15, -0.1) is 0 Å². The normalized spacial score (nSPS) is 13.4. The minimum atomic E-state index is -0.974. The molecule has 0 aliphatic carbocycles. The Morgan fingerprint density at radius 2 is 2.10 bits per heavy atom. The van der Waals surface area contributed by atoms with Gasteiger partial charge in [0, 0.05) is 26.9 Å². The Balaban J connectivity index is 1.58. The third kappa shape index (κ3) is 3.64. The van der Waals surface area contributed by atoms with Crippen LogP contribution in [0.4, 0.5) is 6.01 Å². The molecule has 1 aliphatic heterocycles. The zero-order valence-corrected chi connectivity index (χ0v) is 16.8. The molecule has 0 radical (unpaired) electrons. The summed E-state index contributed by atoms with van der Waals surface area (Å²) in [5.74, 6) is -2.18. The molecule has 0 saturated carbocycles. The number of anilines is 1. The van der Waals surface area contributed by atoms with E-state index in [1.165, 1.54) is 22.9 Å². The van der Waals surface area contributed by atoms with Gasteiger partial charge in [0.25, 0.3) is 11.8 Å². The number of carbonyl (C=O) groups is 2. The van der Waals surface area contributed by atoms with Crippen molar-refractivity contribution in [3.63, 3.8) is 0 Å². The number of nitrogens with zero attached hydrogens (tertiary/aromatic N) is 4. The van der Waals surface area contributed by atoms with E-state index in [0.717, 1.165) is 0 Å². The third-order valence-corrected chi connectivity index (χ3v) is 4.78. The minimum absolute atomic E-state index is 0.0258. The topological polar surface area (TPSA) is 142 Å². The van der Waals surface area contributed by atoms with Crippen molar-refractivity contribution in [2.24, 2.45) is 0 Å². The number of hydrogen-bond donors (Lipinski definition) is 3. The van der Waals surface area contributed by atoms with Gasteiger partial charge in [-0.3, -0.25) is 34.9 Å². The van der Waals surface area contributed by atoms with Crippen molar-refractivity contribution in [3.05, 3.63) is 51.9 Å². The number of methoxy groups -OCH3 is 1. The molecular weight excluding hydrogens is 408 g/mol. The van der Waals surface area contributed by atoms with Crippen molar-refractivity contribution in [2.75, 3.05) is 44.4 Å². The first-order chi connectivity index (χ1) is 14.9. The second-order valence-electron chi connectivity index (χ2n) is 6.84. The zero-order chi connectivity index (χ0) is 22.1. The number of para-hydroxylation sites is 2. The number of hydrogen-bond acceptors (Lipinski definition) is 9. The van der Waals surface area contributed by atoms with Gasteiger partial charge in [-0.05, 0) is 12.1 Å². The molecule has 0 unspecified atom stereocenters. The van der Waals surface area contributed by atoms with Crippen molar-refractivity contribution in [2.45, 2.75) is 0 Å². The maximum Gasteiger partial charge on any atom is 0.315 e. The Bertz CT molecular complexity index is 1190. The van der Waals surface area contributed by atoms with Crippen LogP contribution >= 0.6 is 0 Å². The lowest BCUT2D eigenvalue weighted by Crippen LogP contribution is -2.53. The molecule has 2 aromatic heterocycles. The molecule has 0 atom stereocenters. The maximum absolute atomic E-state index is 12.7. The highest BCUT2D eigenvalue weighted by Crippen LogP contribution is 2.21. The predicted molar refractivity (Wildman–Crippen MR) is 109 cm³/mol. The fourth-order valence-electron chi connectivity index (χ4n) is 3.23. The molecule has 12 nitrogen and oxygen atoms in total. The van der Waals surface area contributed by atoms with Crippen molar-refractivity contribution < 1.29 is 23.8 Å². The van der Waals surface area contributed by atoms with Gasteiger partial charge in [-0.1, -0.05) is 12.1 Å². The Labute approximate surface area is 175 Å². The first-order valence-corrected chi connectivity index (χ1v) is 9.31. The van der Waals surface area contributed by atoms with Crippen LogP contribution in [0.25, 0.3) is 11.1 Å². The number of oxazole rings is 1. The van der Waals surface area contributed by atoms with Gasteiger partial charge in [0.1, 0.15) is 17.7 Å². The van der Waals surface area contributed by atoms with Gasteiger partial charge in [0.2, 0.25) is 5.43 Å².